The highest BCUT2D eigenvalue weighted by atomic mass is 16.3. The number of hydrogen-bond acceptors (Lipinski definition) is 3. The fourth-order valence-electron chi connectivity index (χ4n) is 1.95. The number of aliphatic hydroxyl groups excluding tert-OH is 1. The average Bonchev–Trinajstić information content (AvgIpc) is 3.23. The summed E-state index contributed by atoms with van der Waals surface area (Å²) in [4.78, 5) is 11.6. The molecule has 1 saturated carbocycles. The third-order valence-electron chi connectivity index (χ3n) is 3.37. The van der Waals surface area contributed by atoms with E-state index in [4.69, 9.17) is 5.11 Å². The Hall–Kier alpha value is -1.59. The van der Waals surface area contributed by atoms with Gasteiger partial charge >= 0.3 is 6.03 Å². The SMILES string of the molecule is CC(NCCCO)c1ccc(NC(=O)NC2CC2)cc1. The van der Waals surface area contributed by atoms with E-state index in [1.54, 1.807) is 0 Å². The average molecular weight is 277 g/mol. The highest BCUT2D eigenvalue weighted by Gasteiger charge is 2.23. The molecule has 0 aliphatic heterocycles. The summed E-state index contributed by atoms with van der Waals surface area (Å²) in [6.45, 7) is 3.08. The van der Waals surface area contributed by atoms with Crippen LogP contribution in [0.2, 0.25) is 0 Å². The van der Waals surface area contributed by atoms with Gasteiger partial charge in [0.25, 0.3) is 0 Å². The van der Waals surface area contributed by atoms with Crippen molar-refractivity contribution >= 4 is 11.7 Å². The van der Waals surface area contributed by atoms with E-state index < -0.39 is 0 Å². The molecule has 5 nitrogen and oxygen atoms in total. The van der Waals surface area contributed by atoms with Crippen LogP contribution in [0.4, 0.5) is 10.5 Å². The van der Waals surface area contributed by atoms with E-state index in [2.05, 4.69) is 22.9 Å². The van der Waals surface area contributed by atoms with Gasteiger partial charge in [-0.15, -0.1) is 0 Å². The Bertz CT molecular complexity index is 429. The van der Waals surface area contributed by atoms with E-state index in [0.717, 1.165) is 37.1 Å². The van der Waals surface area contributed by atoms with Gasteiger partial charge in [0.2, 0.25) is 0 Å². The van der Waals surface area contributed by atoms with Gasteiger partial charge in [-0.3, -0.25) is 0 Å². The molecule has 1 aliphatic carbocycles. The zero-order valence-corrected chi connectivity index (χ0v) is 11.9. The van der Waals surface area contributed by atoms with Gasteiger partial charge in [0, 0.05) is 24.4 Å². The lowest BCUT2D eigenvalue weighted by atomic mass is 10.1. The molecule has 0 aromatic heterocycles. The monoisotopic (exact) mass is 277 g/mol. The second kappa shape index (κ2) is 7.26. The van der Waals surface area contributed by atoms with E-state index >= 15 is 0 Å². The van der Waals surface area contributed by atoms with E-state index in [1.165, 1.54) is 0 Å². The lowest BCUT2D eigenvalue weighted by Crippen LogP contribution is -2.30. The molecule has 0 heterocycles. The quantitative estimate of drug-likeness (QED) is 0.576. The van der Waals surface area contributed by atoms with Crippen LogP contribution in [0.15, 0.2) is 24.3 Å². The molecule has 2 amide bonds. The molecule has 110 valence electrons. The second-order valence-corrected chi connectivity index (χ2v) is 5.25. The molecule has 0 bridgehead atoms. The van der Waals surface area contributed by atoms with Crippen LogP contribution < -0.4 is 16.0 Å². The molecule has 1 fully saturated rings. The Morgan fingerprint density at radius 1 is 1.35 bits per heavy atom. The molecule has 4 N–H and O–H groups in total. The van der Waals surface area contributed by atoms with Crippen LogP contribution in [-0.2, 0) is 0 Å². The Kier molecular flexibility index (Phi) is 5.38. The maximum atomic E-state index is 11.6. The first kappa shape index (κ1) is 14.8. The van der Waals surface area contributed by atoms with Crippen molar-refractivity contribution in [1.29, 1.82) is 0 Å². The molecule has 1 aromatic carbocycles. The van der Waals surface area contributed by atoms with Gasteiger partial charge in [0.1, 0.15) is 0 Å². The molecule has 0 spiro atoms. The van der Waals surface area contributed by atoms with Crippen LogP contribution in [0.5, 0.6) is 0 Å². The summed E-state index contributed by atoms with van der Waals surface area (Å²) in [6.07, 6.45) is 2.93. The third kappa shape index (κ3) is 4.83. The van der Waals surface area contributed by atoms with Crippen molar-refractivity contribution in [2.24, 2.45) is 0 Å². The number of hydrogen-bond donors (Lipinski definition) is 4. The first-order chi connectivity index (χ1) is 9.69. The lowest BCUT2D eigenvalue weighted by Gasteiger charge is -2.14. The lowest BCUT2D eigenvalue weighted by molar-refractivity contribution is 0.251. The Morgan fingerprint density at radius 2 is 2.05 bits per heavy atom. The van der Waals surface area contributed by atoms with Crippen LogP contribution in [0.25, 0.3) is 0 Å². The summed E-state index contributed by atoms with van der Waals surface area (Å²) in [6, 6.07) is 8.29. The number of aliphatic hydroxyl groups is 1. The number of carbonyl (C=O) groups is 1. The Balaban J connectivity index is 1.80. The van der Waals surface area contributed by atoms with Crippen molar-refractivity contribution < 1.29 is 9.90 Å². The summed E-state index contributed by atoms with van der Waals surface area (Å²) in [7, 11) is 0. The maximum Gasteiger partial charge on any atom is 0.319 e. The topological polar surface area (TPSA) is 73.4 Å². The van der Waals surface area contributed by atoms with Gasteiger partial charge in [-0.2, -0.15) is 0 Å². The molecular weight excluding hydrogens is 254 g/mol. The smallest absolute Gasteiger partial charge is 0.319 e. The summed E-state index contributed by atoms with van der Waals surface area (Å²) >= 11 is 0. The Labute approximate surface area is 119 Å². The highest BCUT2D eigenvalue weighted by Crippen LogP contribution is 2.19. The number of urea groups is 1. The van der Waals surface area contributed by atoms with Crippen molar-refractivity contribution in [3.8, 4) is 0 Å². The highest BCUT2D eigenvalue weighted by molar-refractivity contribution is 5.89. The number of amides is 2. The van der Waals surface area contributed by atoms with Gasteiger partial charge in [-0.05, 0) is 50.4 Å². The number of carbonyl (C=O) groups excluding carboxylic acids is 1. The molecule has 2 rings (SSSR count). The summed E-state index contributed by atoms with van der Waals surface area (Å²) < 4.78 is 0. The minimum absolute atomic E-state index is 0.130. The van der Waals surface area contributed by atoms with Crippen LogP contribution >= 0.6 is 0 Å². The fourth-order valence-corrected chi connectivity index (χ4v) is 1.95. The molecule has 0 radical (unpaired) electrons. The normalized spacial score (nSPS) is 15.7. The van der Waals surface area contributed by atoms with Crippen molar-refractivity contribution in [2.75, 3.05) is 18.5 Å². The molecule has 0 saturated heterocycles. The predicted octanol–water partition coefficient (Wildman–Crippen LogP) is 2.00. The van der Waals surface area contributed by atoms with E-state index in [0.29, 0.717) is 6.04 Å². The first-order valence-electron chi connectivity index (χ1n) is 7.21. The number of nitrogens with one attached hydrogen (secondary N) is 3. The van der Waals surface area contributed by atoms with Crippen LogP contribution in [0, 0.1) is 0 Å². The zero-order valence-electron chi connectivity index (χ0n) is 11.9. The largest absolute Gasteiger partial charge is 0.396 e. The molecule has 1 atom stereocenters. The number of benzene rings is 1. The summed E-state index contributed by atoms with van der Waals surface area (Å²) in [5, 5.41) is 17.8. The van der Waals surface area contributed by atoms with Gasteiger partial charge in [-0.25, -0.2) is 4.79 Å². The zero-order chi connectivity index (χ0) is 14.4. The summed E-state index contributed by atoms with van der Waals surface area (Å²) in [5.74, 6) is 0. The van der Waals surface area contributed by atoms with Gasteiger partial charge in [0.05, 0.1) is 0 Å². The maximum absolute atomic E-state index is 11.6. The standard InChI is InChI=1S/C15H23N3O2/c1-11(16-9-2-10-19)12-3-5-13(6-4-12)17-15(20)18-14-7-8-14/h3-6,11,14,16,19H,2,7-10H2,1H3,(H2,17,18,20). The van der Waals surface area contributed by atoms with Gasteiger partial charge < -0.3 is 21.1 Å². The van der Waals surface area contributed by atoms with E-state index in [-0.39, 0.29) is 18.7 Å². The van der Waals surface area contributed by atoms with Crippen molar-refractivity contribution in [2.45, 2.75) is 38.3 Å². The van der Waals surface area contributed by atoms with Crippen LogP contribution in [-0.4, -0.2) is 30.3 Å². The minimum Gasteiger partial charge on any atom is -0.396 e. The third-order valence-corrected chi connectivity index (χ3v) is 3.37. The second-order valence-electron chi connectivity index (χ2n) is 5.25. The first-order valence-corrected chi connectivity index (χ1v) is 7.21. The number of rotatable bonds is 7. The number of anilines is 1. The summed E-state index contributed by atoms with van der Waals surface area (Å²) in [5.41, 5.74) is 1.96. The molecule has 5 heteroatoms. The Morgan fingerprint density at radius 3 is 2.65 bits per heavy atom. The van der Waals surface area contributed by atoms with Gasteiger partial charge in [-0.1, -0.05) is 12.1 Å². The molecule has 20 heavy (non-hydrogen) atoms. The molecule has 1 aromatic rings. The minimum atomic E-state index is -0.130. The van der Waals surface area contributed by atoms with Crippen LogP contribution in [0.3, 0.4) is 0 Å². The molecule has 1 unspecified atom stereocenters. The van der Waals surface area contributed by atoms with E-state index in [1.807, 2.05) is 24.3 Å². The predicted molar refractivity (Wildman–Crippen MR) is 79.7 cm³/mol. The van der Waals surface area contributed by atoms with Crippen molar-refractivity contribution in [3.05, 3.63) is 29.8 Å². The van der Waals surface area contributed by atoms with Crippen LogP contribution in [0.1, 0.15) is 37.8 Å². The van der Waals surface area contributed by atoms with Gasteiger partial charge in [0.15, 0.2) is 0 Å². The molecular formula is C15H23N3O2. The van der Waals surface area contributed by atoms with E-state index in [9.17, 15) is 4.79 Å². The molecule has 1 aliphatic rings. The van der Waals surface area contributed by atoms with Crippen molar-refractivity contribution in [1.82, 2.24) is 10.6 Å². The van der Waals surface area contributed by atoms with Crippen molar-refractivity contribution in [3.63, 3.8) is 0 Å². The fraction of sp³-hybridized carbons (Fsp3) is 0.533.